The van der Waals surface area contributed by atoms with Crippen LogP contribution in [0, 0.1) is 12.7 Å². The monoisotopic (exact) mass is 351 g/mol. The second-order valence-corrected chi connectivity index (χ2v) is 5.78. The van der Waals surface area contributed by atoms with Gasteiger partial charge >= 0.3 is 0 Å². The SMILES string of the molecule is CCCOc1ccc(CNc2cc(F)c(Br)cc2C)cc1. The molecule has 0 heterocycles. The van der Waals surface area contributed by atoms with Gasteiger partial charge in [-0.25, -0.2) is 4.39 Å². The lowest BCUT2D eigenvalue weighted by molar-refractivity contribution is 0.317. The van der Waals surface area contributed by atoms with Crippen molar-refractivity contribution in [1.29, 1.82) is 0 Å². The predicted octanol–water partition coefficient (Wildman–Crippen LogP) is 5.30. The highest BCUT2D eigenvalue weighted by molar-refractivity contribution is 9.10. The van der Waals surface area contributed by atoms with Crippen LogP contribution in [0.25, 0.3) is 0 Å². The molecule has 0 atom stereocenters. The fourth-order valence-electron chi connectivity index (χ4n) is 1.96. The number of aryl methyl sites for hydroxylation is 1. The van der Waals surface area contributed by atoms with E-state index in [1.807, 2.05) is 31.2 Å². The molecule has 21 heavy (non-hydrogen) atoms. The number of hydrogen-bond acceptors (Lipinski definition) is 2. The molecular weight excluding hydrogens is 333 g/mol. The average Bonchev–Trinajstić information content (AvgIpc) is 2.48. The van der Waals surface area contributed by atoms with E-state index in [0.29, 0.717) is 11.0 Å². The van der Waals surface area contributed by atoms with Crippen molar-refractivity contribution in [3.05, 3.63) is 57.8 Å². The van der Waals surface area contributed by atoms with Crippen molar-refractivity contribution in [2.24, 2.45) is 0 Å². The first-order valence-corrected chi connectivity index (χ1v) is 7.80. The van der Waals surface area contributed by atoms with E-state index >= 15 is 0 Å². The Hall–Kier alpha value is -1.55. The summed E-state index contributed by atoms with van der Waals surface area (Å²) in [5.74, 6) is 0.623. The molecule has 4 heteroatoms. The Kier molecular flexibility index (Phi) is 5.62. The molecule has 0 saturated heterocycles. The van der Waals surface area contributed by atoms with E-state index in [-0.39, 0.29) is 5.82 Å². The zero-order chi connectivity index (χ0) is 15.2. The van der Waals surface area contributed by atoms with Crippen LogP contribution in [-0.2, 0) is 6.54 Å². The first-order chi connectivity index (χ1) is 10.1. The van der Waals surface area contributed by atoms with Gasteiger partial charge in [0, 0.05) is 12.2 Å². The lowest BCUT2D eigenvalue weighted by atomic mass is 10.1. The molecule has 0 aliphatic carbocycles. The van der Waals surface area contributed by atoms with Gasteiger partial charge in [-0.15, -0.1) is 0 Å². The van der Waals surface area contributed by atoms with Crippen LogP contribution >= 0.6 is 15.9 Å². The van der Waals surface area contributed by atoms with Crippen LogP contribution in [0.1, 0.15) is 24.5 Å². The van der Waals surface area contributed by atoms with Crippen molar-refractivity contribution >= 4 is 21.6 Å². The van der Waals surface area contributed by atoms with E-state index in [4.69, 9.17) is 4.74 Å². The predicted molar refractivity (Wildman–Crippen MR) is 88.4 cm³/mol. The van der Waals surface area contributed by atoms with Gasteiger partial charge in [-0.2, -0.15) is 0 Å². The number of hydrogen-bond donors (Lipinski definition) is 1. The topological polar surface area (TPSA) is 21.3 Å². The molecule has 0 aliphatic heterocycles. The fraction of sp³-hybridized carbons (Fsp3) is 0.294. The highest BCUT2D eigenvalue weighted by Gasteiger charge is 2.05. The van der Waals surface area contributed by atoms with Crippen LogP contribution in [0.4, 0.5) is 10.1 Å². The Morgan fingerprint density at radius 3 is 2.57 bits per heavy atom. The van der Waals surface area contributed by atoms with Crippen molar-refractivity contribution in [3.63, 3.8) is 0 Å². The van der Waals surface area contributed by atoms with Gasteiger partial charge < -0.3 is 10.1 Å². The second kappa shape index (κ2) is 7.46. The standard InChI is InChI=1S/C17H19BrFNO/c1-3-8-21-14-6-4-13(5-7-14)11-20-17-10-16(19)15(18)9-12(17)2/h4-7,9-10,20H,3,8,11H2,1-2H3. The van der Waals surface area contributed by atoms with Gasteiger partial charge in [-0.3, -0.25) is 0 Å². The number of ether oxygens (including phenoxy) is 1. The summed E-state index contributed by atoms with van der Waals surface area (Å²) in [5.41, 5.74) is 2.94. The van der Waals surface area contributed by atoms with Crippen LogP contribution < -0.4 is 10.1 Å². The van der Waals surface area contributed by atoms with E-state index < -0.39 is 0 Å². The van der Waals surface area contributed by atoms with E-state index in [9.17, 15) is 4.39 Å². The third-order valence-corrected chi connectivity index (χ3v) is 3.75. The highest BCUT2D eigenvalue weighted by atomic mass is 79.9. The summed E-state index contributed by atoms with van der Waals surface area (Å²) in [7, 11) is 0. The molecule has 0 radical (unpaired) electrons. The Bertz CT molecular complexity index is 598. The summed E-state index contributed by atoms with van der Waals surface area (Å²) in [6, 6.07) is 11.2. The summed E-state index contributed by atoms with van der Waals surface area (Å²) in [6.45, 7) is 5.41. The van der Waals surface area contributed by atoms with Crippen LogP contribution in [0.3, 0.4) is 0 Å². The molecule has 0 bridgehead atoms. The quantitative estimate of drug-likeness (QED) is 0.762. The normalized spacial score (nSPS) is 10.5. The molecule has 2 nitrogen and oxygen atoms in total. The minimum atomic E-state index is -0.258. The largest absolute Gasteiger partial charge is 0.494 e. The molecule has 2 aromatic rings. The van der Waals surface area contributed by atoms with Crippen molar-refractivity contribution in [2.75, 3.05) is 11.9 Å². The average molecular weight is 352 g/mol. The van der Waals surface area contributed by atoms with Crippen LogP contribution in [-0.4, -0.2) is 6.61 Å². The Labute approximate surface area is 133 Å². The van der Waals surface area contributed by atoms with Gasteiger partial charge in [0.25, 0.3) is 0 Å². The molecule has 2 rings (SSSR count). The van der Waals surface area contributed by atoms with E-state index in [1.54, 1.807) is 6.07 Å². The smallest absolute Gasteiger partial charge is 0.139 e. The Morgan fingerprint density at radius 1 is 1.19 bits per heavy atom. The first kappa shape index (κ1) is 15.8. The van der Waals surface area contributed by atoms with Gasteiger partial charge in [0.15, 0.2) is 0 Å². The number of nitrogens with one attached hydrogen (secondary N) is 1. The Balaban J connectivity index is 1.98. The number of anilines is 1. The molecule has 0 spiro atoms. The number of benzene rings is 2. The minimum absolute atomic E-state index is 0.258. The molecule has 1 N–H and O–H groups in total. The molecule has 0 aliphatic rings. The highest BCUT2D eigenvalue weighted by Crippen LogP contribution is 2.24. The molecule has 112 valence electrons. The van der Waals surface area contributed by atoms with Crippen LogP contribution in [0.5, 0.6) is 5.75 Å². The van der Waals surface area contributed by atoms with Crippen LogP contribution in [0.2, 0.25) is 0 Å². The van der Waals surface area contributed by atoms with Crippen molar-refractivity contribution in [3.8, 4) is 5.75 Å². The summed E-state index contributed by atoms with van der Waals surface area (Å²) in [4.78, 5) is 0. The van der Waals surface area contributed by atoms with Crippen LogP contribution in [0.15, 0.2) is 40.9 Å². The maximum Gasteiger partial charge on any atom is 0.139 e. The van der Waals surface area contributed by atoms with E-state index in [1.165, 1.54) is 6.07 Å². The van der Waals surface area contributed by atoms with E-state index in [2.05, 4.69) is 28.2 Å². The second-order valence-electron chi connectivity index (χ2n) is 4.93. The zero-order valence-electron chi connectivity index (χ0n) is 12.2. The van der Waals surface area contributed by atoms with Gasteiger partial charge in [-0.1, -0.05) is 19.1 Å². The summed E-state index contributed by atoms with van der Waals surface area (Å²) >= 11 is 3.19. The minimum Gasteiger partial charge on any atom is -0.494 e. The van der Waals surface area contributed by atoms with Gasteiger partial charge in [0.05, 0.1) is 11.1 Å². The summed E-state index contributed by atoms with van der Waals surface area (Å²) < 4.78 is 19.6. The summed E-state index contributed by atoms with van der Waals surface area (Å²) in [6.07, 6.45) is 0.998. The molecule has 0 unspecified atom stereocenters. The third-order valence-electron chi connectivity index (χ3n) is 3.15. The van der Waals surface area contributed by atoms with Crippen molar-refractivity contribution in [2.45, 2.75) is 26.8 Å². The molecule has 0 saturated carbocycles. The maximum atomic E-state index is 13.6. The Morgan fingerprint density at radius 2 is 1.90 bits per heavy atom. The number of halogens is 2. The molecule has 0 aromatic heterocycles. The lowest BCUT2D eigenvalue weighted by Gasteiger charge is -2.11. The van der Waals surface area contributed by atoms with Crippen molar-refractivity contribution < 1.29 is 9.13 Å². The molecule has 0 amide bonds. The fourth-order valence-corrected chi connectivity index (χ4v) is 2.42. The number of rotatable bonds is 6. The first-order valence-electron chi connectivity index (χ1n) is 7.01. The lowest BCUT2D eigenvalue weighted by Crippen LogP contribution is -2.02. The molecule has 2 aromatic carbocycles. The zero-order valence-corrected chi connectivity index (χ0v) is 13.8. The summed E-state index contributed by atoms with van der Waals surface area (Å²) in [5, 5.41) is 3.26. The van der Waals surface area contributed by atoms with Gasteiger partial charge in [0.1, 0.15) is 11.6 Å². The van der Waals surface area contributed by atoms with Gasteiger partial charge in [0.2, 0.25) is 0 Å². The molecule has 0 fully saturated rings. The third kappa shape index (κ3) is 4.46. The van der Waals surface area contributed by atoms with Gasteiger partial charge in [-0.05, 0) is 64.7 Å². The van der Waals surface area contributed by atoms with Crippen molar-refractivity contribution in [1.82, 2.24) is 0 Å². The molecular formula is C17H19BrFNO. The van der Waals surface area contributed by atoms with E-state index in [0.717, 1.165) is 35.6 Å². The maximum absolute atomic E-state index is 13.6.